The predicted octanol–water partition coefficient (Wildman–Crippen LogP) is 8.50. The lowest BCUT2D eigenvalue weighted by atomic mass is 9.86. The third-order valence-electron chi connectivity index (χ3n) is 6.75. The third-order valence-corrected chi connectivity index (χ3v) is 6.75. The SMILES string of the molecule is CCCCCCCCCCCCCCCC[n+]1ccccc1C1CCCCC1. The molecule has 28 heavy (non-hydrogen) atoms. The Bertz CT molecular complexity index is 475. The molecule has 0 saturated heterocycles. The van der Waals surface area contributed by atoms with Crippen LogP contribution in [0.2, 0.25) is 0 Å². The van der Waals surface area contributed by atoms with Crippen molar-refractivity contribution < 1.29 is 4.57 Å². The van der Waals surface area contributed by atoms with E-state index >= 15 is 0 Å². The van der Waals surface area contributed by atoms with Crippen LogP contribution in [0.3, 0.4) is 0 Å². The van der Waals surface area contributed by atoms with Gasteiger partial charge in [-0.25, -0.2) is 4.57 Å². The molecular weight excluding hydrogens is 338 g/mol. The molecule has 1 aliphatic carbocycles. The molecule has 1 aromatic rings. The van der Waals surface area contributed by atoms with E-state index in [1.54, 1.807) is 5.69 Å². The Balaban J connectivity index is 1.45. The highest BCUT2D eigenvalue weighted by Crippen LogP contribution is 2.30. The number of aromatic nitrogens is 1. The standard InChI is InChI=1S/C27H48N/c1-2-3-4-5-6-7-8-9-10-11-12-13-14-19-24-28-25-20-18-23-27(28)26-21-16-15-17-22-26/h18,20,23,25-26H,2-17,19,21-22,24H2,1H3/q+1. The van der Waals surface area contributed by atoms with Gasteiger partial charge in [0.15, 0.2) is 11.9 Å². The van der Waals surface area contributed by atoms with Crippen molar-refractivity contribution in [1.29, 1.82) is 0 Å². The molecule has 160 valence electrons. The highest BCUT2D eigenvalue weighted by atomic mass is 15.0. The van der Waals surface area contributed by atoms with E-state index in [2.05, 4.69) is 35.9 Å². The summed E-state index contributed by atoms with van der Waals surface area (Å²) in [4.78, 5) is 0. The maximum Gasteiger partial charge on any atom is 0.184 e. The van der Waals surface area contributed by atoms with Crippen molar-refractivity contribution in [2.24, 2.45) is 0 Å². The molecule has 1 heteroatoms. The minimum absolute atomic E-state index is 0.821. The van der Waals surface area contributed by atoms with Gasteiger partial charge in [-0.1, -0.05) is 109 Å². The lowest BCUT2D eigenvalue weighted by Gasteiger charge is -2.20. The molecule has 0 amide bonds. The lowest BCUT2D eigenvalue weighted by Crippen LogP contribution is -2.39. The van der Waals surface area contributed by atoms with Crippen LogP contribution in [0.5, 0.6) is 0 Å². The fraction of sp³-hybridized carbons (Fsp3) is 0.815. The maximum atomic E-state index is 2.57. The zero-order valence-electron chi connectivity index (χ0n) is 19.0. The van der Waals surface area contributed by atoms with Crippen LogP contribution < -0.4 is 4.57 Å². The first-order chi connectivity index (χ1) is 13.9. The van der Waals surface area contributed by atoms with Gasteiger partial charge in [-0.3, -0.25) is 0 Å². The summed E-state index contributed by atoms with van der Waals surface area (Å²) in [5.74, 6) is 0.821. The summed E-state index contributed by atoms with van der Waals surface area (Å²) in [6.45, 7) is 3.53. The zero-order valence-corrected chi connectivity index (χ0v) is 19.0. The first-order valence-electron chi connectivity index (χ1n) is 12.9. The first-order valence-corrected chi connectivity index (χ1v) is 12.9. The van der Waals surface area contributed by atoms with Crippen LogP contribution in [-0.4, -0.2) is 0 Å². The molecule has 0 bridgehead atoms. The summed E-state index contributed by atoms with van der Waals surface area (Å²) in [6.07, 6.45) is 29.6. The fourth-order valence-electron chi connectivity index (χ4n) is 4.94. The summed E-state index contributed by atoms with van der Waals surface area (Å²) in [5.41, 5.74) is 1.61. The number of pyridine rings is 1. The van der Waals surface area contributed by atoms with E-state index in [0.717, 1.165) is 5.92 Å². The Labute approximate surface area is 176 Å². The minimum Gasteiger partial charge on any atom is -0.202 e. The number of rotatable bonds is 16. The average molecular weight is 387 g/mol. The smallest absolute Gasteiger partial charge is 0.184 e. The van der Waals surface area contributed by atoms with Gasteiger partial charge in [0.2, 0.25) is 0 Å². The number of aryl methyl sites for hydroxylation is 1. The van der Waals surface area contributed by atoms with Gasteiger partial charge >= 0.3 is 0 Å². The maximum absolute atomic E-state index is 2.57. The number of hydrogen-bond acceptors (Lipinski definition) is 0. The third kappa shape index (κ3) is 10.1. The van der Waals surface area contributed by atoms with Crippen LogP contribution in [0.1, 0.15) is 141 Å². The molecule has 0 aromatic carbocycles. The van der Waals surface area contributed by atoms with E-state index in [4.69, 9.17) is 0 Å². The molecule has 1 nitrogen and oxygen atoms in total. The van der Waals surface area contributed by atoms with Gasteiger partial charge in [-0.05, 0) is 19.3 Å². The Hall–Kier alpha value is -0.850. The second kappa shape index (κ2) is 16.0. The minimum atomic E-state index is 0.821. The van der Waals surface area contributed by atoms with Crippen molar-refractivity contribution in [2.45, 2.75) is 141 Å². The van der Waals surface area contributed by atoms with Gasteiger partial charge in [0.1, 0.15) is 6.54 Å². The molecule has 0 unspecified atom stereocenters. The van der Waals surface area contributed by atoms with Crippen LogP contribution in [-0.2, 0) is 6.54 Å². The van der Waals surface area contributed by atoms with E-state index in [-0.39, 0.29) is 0 Å². The quantitative estimate of drug-likeness (QED) is 0.198. The van der Waals surface area contributed by atoms with Crippen molar-refractivity contribution in [1.82, 2.24) is 0 Å². The molecule has 2 rings (SSSR count). The van der Waals surface area contributed by atoms with Gasteiger partial charge in [-0.15, -0.1) is 0 Å². The second-order valence-corrected chi connectivity index (χ2v) is 9.25. The highest BCUT2D eigenvalue weighted by Gasteiger charge is 2.23. The summed E-state index contributed by atoms with van der Waals surface area (Å²) in [5, 5.41) is 0. The molecule has 0 aliphatic heterocycles. The van der Waals surface area contributed by atoms with Crippen molar-refractivity contribution >= 4 is 0 Å². The van der Waals surface area contributed by atoms with Crippen molar-refractivity contribution in [3.05, 3.63) is 30.1 Å². The predicted molar refractivity (Wildman–Crippen MR) is 123 cm³/mol. The molecule has 0 N–H and O–H groups in total. The summed E-state index contributed by atoms with van der Waals surface area (Å²) < 4.78 is 2.57. The van der Waals surface area contributed by atoms with Crippen molar-refractivity contribution in [2.75, 3.05) is 0 Å². The van der Waals surface area contributed by atoms with Gasteiger partial charge in [-0.2, -0.15) is 0 Å². The van der Waals surface area contributed by atoms with E-state index in [0.29, 0.717) is 0 Å². The molecule has 1 aliphatic rings. The highest BCUT2D eigenvalue weighted by molar-refractivity contribution is 5.04. The molecule has 0 radical (unpaired) electrons. The molecule has 1 fully saturated rings. The summed E-state index contributed by atoms with van der Waals surface area (Å²) in [7, 11) is 0. The molecule has 0 spiro atoms. The van der Waals surface area contributed by atoms with Crippen LogP contribution >= 0.6 is 0 Å². The van der Waals surface area contributed by atoms with Gasteiger partial charge < -0.3 is 0 Å². The summed E-state index contributed by atoms with van der Waals surface area (Å²) in [6, 6.07) is 6.85. The summed E-state index contributed by atoms with van der Waals surface area (Å²) >= 11 is 0. The number of nitrogens with zero attached hydrogens (tertiary/aromatic N) is 1. The molecule has 1 aromatic heterocycles. The number of unbranched alkanes of at least 4 members (excludes halogenated alkanes) is 13. The van der Waals surface area contributed by atoms with Crippen molar-refractivity contribution in [3.8, 4) is 0 Å². The van der Waals surface area contributed by atoms with Crippen LogP contribution in [0.15, 0.2) is 24.4 Å². The topological polar surface area (TPSA) is 3.88 Å². The molecule has 0 atom stereocenters. The van der Waals surface area contributed by atoms with Crippen LogP contribution in [0, 0.1) is 0 Å². The fourth-order valence-corrected chi connectivity index (χ4v) is 4.94. The molecular formula is C27H48N+. The first kappa shape index (κ1) is 23.4. The lowest BCUT2D eigenvalue weighted by molar-refractivity contribution is -0.706. The van der Waals surface area contributed by atoms with E-state index in [1.165, 1.54) is 129 Å². The Morgan fingerprint density at radius 1 is 0.679 bits per heavy atom. The second-order valence-electron chi connectivity index (χ2n) is 9.25. The van der Waals surface area contributed by atoms with Gasteiger partial charge in [0.05, 0.1) is 0 Å². The monoisotopic (exact) mass is 386 g/mol. The Morgan fingerprint density at radius 2 is 1.21 bits per heavy atom. The van der Waals surface area contributed by atoms with Crippen LogP contribution in [0.4, 0.5) is 0 Å². The van der Waals surface area contributed by atoms with Crippen LogP contribution in [0.25, 0.3) is 0 Å². The van der Waals surface area contributed by atoms with Gasteiger partial charge in [0.25, 0.3) is 0 Å². The average Bonchev–Trinajstić information content (AvgIpc) is 2.75. The van der Waals surface area contributed by atoms with Gasteiger partial charge in [0, 0.05) is 24.5 Å². The van der Waals surface area contributed by atoms with E-state index < -0.39 is 0 Å². The normalized spacial score (nSPS) is 15.2. The Kier molecular flexibility index (Phi) is 13.4. The zero-order chi connectivity index (χ0) is 19.7. The molecule has 1 heterocycles. The van der Waals surface area contributed by atoms with E-state index in [9.17, 15) is 0 Å². The Morgan fingerprint density at radius 3 is 1.79 bits per heavy atom. The molecule has 1 saturated carbocycles. The van der Waals surface area contributed by atoms with E-state index in [1.807, 2.05) is 0 Å². The number of hydrogen-bond donors (Lipinski definition) is 0. The van der Waals surface area contributed by atoms with Crippen molar-refractivity contribution in [3.63, 3.8) is 0 Å². The largest absolute Gasteiger partial charge is 0.202 e.